The van der Waals surface area contributed by atoms with Gasteiger partial charge in [-0.05, 0) is 56.8 Å². The zero-order valence-corrected chi connectivity index (χ0v) is 13.4. The van der Waals surface area contributed by atoms with E-state index in [1.165, 1.54) is 20.2 Å². The molecule has 0 N–H and O–H groups in total. The first-order valence-electron chi connectivity index (χ1n) is 5.95. The van der Waals surface area contributed by atoms with Gasteiger partial charge in [-0.25, -0.2) is 0 Å². The van der Waals surface area contributed by atoms with Crippen LogP contribution in [0.5, 0.6) is 0 Å². The topological polar surface area (TPSA) is 25.8 Å². The first-order chi connectivity index (χ1) is 9.92. The van der Waals surface area contributed by atoms with E-state index in [0.29, 0.717) is 0 Å². The normalized spacial score (nSPS) is 11.4. The zero-order chi connectivity index (χ0) is 13.4. The molecule has 0 aliphatic rings. The Morgan fingerprint density at radius 2 is 1.10 bits per heavy atom. The van der Waals surface area contributed by atoms with Gasteiger partial charge in [0.05, 0.1) is 9.40 Å². The van der Waals surface area contributed by atoms with Crippen molar-refractivity contribution in [1.82, 2.24) is 8.75 Å². The first kappa shape index (κ1) is 12.6. The Hall–Kier alpha value is -1.08. The number of benzene rings is 2. The van der Waals surface area contributed by atoms with E-state index in [0.717, 1.165) is 10.1 Å². The van der Waals surface area contributed by atoms with Crippen LogP contribution in [0, 0.1) is 0 Å². The molecule has 0 atom stereocenters. The van der Waals surface area contributed by atoms with Gasteiger partial charge in [0.15, 0.2) is 0 Å². The molecule has 0 aliphatic heterocycles. The van der Waals surface area contributed by atoms with Crippen LogP contribution in [0.25, 0.3) is 20.2 Å². The predicted molar refractivity (Wildman–Crippen MR) is 91.0 cm³/mol. The van der Waals surface area contributed by atoms with Crippen molar-refractivity contribution >= 4 is 64.8 Å². The molecule has 2 aromatic heterocycles. The summed E-state index contributed by atoms with van der Waals surface area (Å²) in [6.07, 6.45) is 0. The second-order valence-corrected chi connectivity index (χ2v) is 7.85. The minimum absolute atomic E-state index is 1.08. The third kappa shape index (κ3) is 2.22. The lowest BCUT2D eigenvalue weighted by Gasteiger charge is -1.96. The molecule has 0 spiro atoms. The fourth-order valence-electron chi connectivity index (χ4n) is 1.92. The maximum absolute atomic E-state index is 4.53. The smallest absolute Gasteiger partial charge is 0.129 e. The minimum Gasteiger partial charge on any atom is -0.184 e. The Kier molecular flexibility index (Phi) is 3.39. The zero-order valence-electron chi connectivity index (χ0n) is 10.1. The van der Waals surface area contributed by atoms with Gasteiger partial charge in [0, 0.05) is 10.8 Å². The van der Waals surface area contributed by atoms with Crippen LogP contribution in [0.15, 0.2) is 58.6 Å². The summed E-state index contributed by atoms with van der Waals surface area (Å²) in [6, 6.07) is 16.7. The molecule has 6 heteroatoms. The molecule has 0 bridgehead atoms. The molecule has 0 fully saturated rings. The highest BCUT2D eigenvalue weighted by atomic mass is 33.1. The van der Waals surface area contributed by atoms with E-state index in [9.17, 15) is 0 Å². The Morgan fingerprint density at radius 1 is 0.650 bits per heavy atom. The fourth-order valence-corrected chi connectivity index (χ4v) is 6.14. The average molecular weight is 333 g/mol. The van der Waals surface area contributed by atoms with Gasteiger partial charge in [-0.2, -0.15) is 8.75 Å². The van der Waals surface area contributed by atoms with Crippen LogP contribution < -0.4 is 0 Å². The maximum atomic E-state index is 4.53. The summed E-state index contributed by atoms with van der Waals surface area (Å²) in [7, 11) is 3.38. The third-order valence-electron chi connectivity index (χ3n) is 2.89. The van der Waals surface area contributed by atoms with Crippen molar-refractivity contribution < 1.29 is 0 Å². The number of hydrogen-bond donors (Lipinski definition) is 0. The summed E-state index contributed by atoms with van der Waals surface area (Å²) in [5.41, 5.74) is 0. The highest BCUT2D eigenvalue weighted by molar-refractivity contribution is 8.76. The van der Waals surface area contributed by atoms with Gasteiger partial charge in [-0.15, -0.1) is 0 Å². The molecule has 0 unspecified atom stereocenters. The molecular formula is C14H8N2S4. The summed E-state index contributed by atoms with van der Waals surface area (Å²) < 4.78 is 11.5. The SMILES string of the molecule is c1ccc2c(SSc3nsc4ccccc34)nsc2c1. The van der Waals surface area contributed by atoms with Crippen molar-refractivity contribution in [3.05, 3.63) is 48.5 Å². The van der Waals surface area contributed by atoms with E-state index in [2.05, 4.69) is 57.3 Å². The Bertz CT molecular complexity index is 807. The van der Waals surface area contributed by atoms with Crippen LogP contribution in [0.4, 0.5) is 0 Å². The molecule has 0 radical (unpaired) electrons. The first-order valence-corrected chi connectivity index (χ1v) is 9.65. The lowest BCUT2D eigenvalue weighted by molar-refractivity contribution is 1.33. The van der Waals surface area contributed by atoms with Crippen LogP contribution in [-0.2, 0) is 0 Å². The second kappa shape index (κ2) is 5.37. The number of hydrogen-bond acceptors (Lipinski definition) is 6. The highest BCUT2D eigenvalue weighted by Crippen LogP contribution is 2.43. The van der Waals surface area contributed by atoms with Crippen LogP contribution in [0.2, 0.25) is 0 Å². The summed E-state index contributed by atoms with van der Waals surface area (Å²) in [5.74, 6) is 0. The molecule has 0 aliphatic carbocycles. The quantitative estimate of drug-likeness (QED) is 0.449. The number of rotatable bonds is 3. The maximum Gasteiger partial charge on any atom is 0.129 e. The van der Waals surface area contributed by atoms with E-state index in [-0.39, 0.29) is 0 Å². The van der Waals surface area contributed by atoms with Crippen molar-refractivity contribution in [2.24, 2.45) is 0 Å². The Morgan fingerprint density at radius 3 is 1.60 bits per heavy atom. The summed E-state index contributed by atoms with van der Waals surface area (Å²) in [6.45, 7) is 0. The highest BCUT2D eigenvalue weighted by Gasteiger charge is 2.10. The van der Waals surface area contributed by atoms with E-state index in [1.807, 2.05) is 0 Å². The third-order valence-corrected chi connectivity index (χ3v) is 6.99. The van der Waals surface area contributed by atoms with Crippen LogP contribution in [-0.4, -0.2) is 8.75 Å². The van der Waals surface area contributed by atoms with Gasteiger partial charge < -0.3 is 0 Å². The summed E-state index contributed by atoms with van der Waals surface area (Å²) in [5, 5.41) is 4.62. The van der Waals surface area contributed by atoms with E-state index in [1.54, 1.807) is 44.7 Å². The van der Waals surface area contributed by atoms with Crippen molar-refractivity contribution in [2.45, 2.75) is 10.1 Å². The molecule has 0 saturated heterocycles. The van der Waals surface area contributed by atoms with Gasteiger partial charge >= 0.3 is 0 Å². The molecular weight excluding hydrogens is 324 g/mol. The van der Waals surface area contributed by atoms with Crippen molar-refractivity contribution in [1.29, 1.82) is 0 Å². The van der Waals surface area contributed by atoms with Crippen LogP contribution >= 0.6 is 44.7 Å². The standard InChI is InChI=1S/C14H8N2S4/c1-3-7-11-9(5-1)13(15-17-11)19-20-14-10-6-2-4-8-12(10)18-16-14/h1-8H. The molecule has 2 heterocycles. The number of nitrogens with zero attached hydrogens (tertiary/aromatic N) is 2. The monoisotopic (exact) mass is 332 g/mol. The summed E-state index contributed by atoms with van der Waals surface area (Å²) in [4.78, 5) is 0. The molecule has 98 valence electrons. The molecule has 4 rings (SSSR count). The molecule has 20 heavy (non-hydrogen) atoms. The minimum atomic E-state index is 1.08. The van der Waals surface area contributed by atoms with Gasteiger partial charge in [-0.1, -0.05) is 36.4 Å². The lowest BCUT2D eigenvalue weighted by Crippen LogP contribution is -1.70. The van der Waals surface area contributed by atoms with Crippen molar-refractivity contribution in [3.63, 3.8) is 0 Å². The predicted octanol–water partition coefficient (Wildman–Crippen LogP) is 5.71. The lowest BCUT2D eigenvalue weighted by atomic mass is 10.3. The van der Waals surface area contributed by atoms with Crippen molar-refractivity contribution in [3.8, 4) is 0 Å². The van der Waals surface area contributed by atoms with E-state index >= 15 is 0 Å². The van der Waals surface area contributed by atoms with E-state index < -0.39 is 0 Å². The Labute approximate surface area is 132 Å². The van der Waals surface area contributed by atoms with Crippen LogP contribution in [0.3, 0.4) is 0 Å². The van der Waals surface area contributed by atoms with Crippen molar-refractivity contribution in [2.75, 3.05) is 0 Å². The number of aromatic nitrogens is 2. The van der Waals surface area contributed by atoms with Gasteiger partial charge in [0.25, 0.3) is 0 Å². The second-order valence-electron chi connectivity index (χ2n) is 4.13. The molecule has 2 aromatic carbocycles. The van der Waals surface area contributed by atoms with Crippen LogP contribution in [0.1, 0.15) is 0 Å². The Balaban J connectivity index is 1.64. The molecule has 4 aromatic rings. The fraction of sp³-hybridized carbons (Fsp3) is 0. The number of fused-ring (bicyclic) bond motifs is 2. The summed E-state index contributed by atoms with van der Waals surface area (Å²) >= 11 is 3.11. The molecule has 0 amide bonds. The average Bonchev–Trinajstić information content (AvgIpc) is 3.09. The van der Waals surface area contributed by atoms with E-state index in [4.69, 9.17) is 0 Å². The van der Waals surface area contributed by atoms with Gasteiger partial charge in [-0.3, -0.25) is 0 Å². The molecule has 2 nitrogen and oxygen atoms in total. The molecule has 0 saturated carbocycles. The van der Waals surface area contributed by atoms with Gasteiger partial charge in [0.1, 0.15) is 10.1 Å². The largest absolute Gasteiger partial charge is 0.184 e. The van der Waals surface area contributed by atoms with Gasteiger partial charge in [0.2, 0.25) is 0 Å².